The van der Waals surface area contributed by atoms with Crippen LogP contribution in [0.2, 0.25) is 0 Å². The predicted molar refractivity (Wildman–Crippen MR) is 93.1 cm³/mol. The molecule has 0 saturated carbocycles. The molecule has 1 aromatic carbocycles. The zero-order chi connectivity index (χ0) is 21.3. The molecular formula is C19H24F3NO5. The maximum Gasteiger partial charge on any atom is 0.416 e. The van der Waals surface area contributed by atoms with Gasteiger partial charge in [0.1, 0.15) is 17.1 Å². The minimum Gasteiger partial charge on any atom is -0.468 e. The quantitative estimate of drug-likeness (QED) is 0.752. The van der Waals surface area contributed by atoms with E-state index >= 15 is 0 Å². The molecule has 2 rings (SSSR count). The fourth-order valence-electron chi connectivity index (χ4n) is 3.28. The first-order valence-corrected chi connectivity index (χ1v) is 8.69. The summed E-state index contributed by atoms with van der Waals surface area (Å²) in [5.74, 6) is -1.39. The molecule has 1 saturated heterocycles. The normalized spacial score (nSPS) is 25.4. The lowest BCUT2D eigenvalue weighted by atomic mass is 9.77. The monoisotopic (exact) mass is 403 g/mol. The summed E-state index contributed by atoms with van der Waals surface area (Å²) in [4.78, 5) is 24.9. The molecule has 1 aliphatic heterocycles. The molecule has 28 heavy (non-hydrogen) atoms. The third kappa shape index (κ3) is 4.47. The molecular weight excluding hydrogens is 379 g/mol. The van der Waals surface area contributed by atoms with Crippen LogP contribution in [0.15, 0.2) is 24.3 Å². The number of benzene rings is 1. The molecule has 0 spiro atoms. The van der Waals surface area contributed by atoms with E-state index in [1.165, 1.54) is 19.2 Å². The first-order valence-electron chi connectivity index (χ1n) is 8.69. The van der Waals surface area contributed by atoms with Crippen molar-refractivity contribution >= 4 is 11.9 Å². The number of aliphatic hydroxyl groups is 1. The number of methoxy groups -OCH3 is 1. The second kappa shape index (κ2) is 7.71. The van der Waals surface area contributed by atoms with Gasteiger partial charge in [0.2, 0.25) is 0 Å². The zero-order valence-electron chi connectivity index (χ0n) is 16.1. The Morgan fingerprint density at radius 1 is 1.21 bits per heavy atom. The predicted octanol–water partition coefficient (Wildman–Crippen LogP) is 2.60. The van der Waals surface area contributed by atoms with E-state index in [9.17, 15) is 27.9 Å². The summed E-state index contributed by atoms with van der Waals surface area (Å²) >= 11 is 0. The number of carbonyl (C=O) groups excluding carboxylic acids is 2. The van der Waals surface area contributed by atoms with Gasteiger partial charge in [-0.1, -0.05) is 12.1 Å². The Morgan fingerprint density at radius 3 is 2.21 bits per heavy atom. The van der Waals surface area contributed by atoms with Crippen LogP contribution in [0, 0.1) is 5.41 Å². The molecule has 1 fully saturated rings. The third-order valence-corrected chi connectivity index (χ3v) is 4.63. The molecule has 2 N–H and O–H groups in total. The highest BCUT2D eigenvalue weighted by Crippen LogP contribution is 2.46. The number of nitrogens with one attached hydrogen (secondary N) is 1. The topological polar surface area (TPSA) is 84.9 Å². The van der Waals surface area contributed by atoms with Gasteiger partial charge >= 0.3 is 18.1 Å². The average molecular weight is 403 g/mol. The van der Waals surface area contributed by atoms with Crippen LogP contribution in [0.4, 0.5) is 13.2 Å². The van der Waals surface area contributed by atoms with Gasteiger partial charge in [-0.25, -0.2) is 0 Å². The molecule has 0 aliphatic carbocycles. The Morgan fingerprint density at radius 2 is 1.79 bits per heavy atom. The highest BCUT2D eigenvalue weighted by atomic mass is 19.4. The standard InChI is InChI=1S/C19H24F3NO5/c1-17(2,3)28-16(26)18(10-24)9-13(15(25)27-4)23-14(18)11-5-7-12(8-6-11)19(20,21)22/h5-8,13-14,23-24H,9-10H2,1-4H3/t13-,14-,18+/m1/s1. The molecule has 9 heteroatoms. The van der Waals surface area contributed by atoms with E-state index in [-0.39, 0.29) is 6.42 Å². The lowest BCUT2D eigenvalue weighted by Crippen LogP contribution is -2.44. The van der Waals surface area contributed by atoms with Crippen molar-refractivity contribution in [1.29, 1.82) is 0 Å². The molecule has 1 aromatic rings. The number of hydrogen-bond acceptors (Lipinski definition) is 6. The Balaban J connectivity index is 2.47. The summed E-state index contributed by atoms with van der Waals surface area (Å²) in [5.41, 5.74) is -2.93. The van der Waals surface area contributed by atoms with Crippen molar-refractivity contribution in [3.63, 3.8) is 0 Å². The molecule has 0 amide bonds. The largest absolute Gasteiger partial charge is 0.468 e. The van der Waals surface area contributed by atoms with Gasteiger partial charge in [0, 0.05) is 0 Å². The van der Waals surface area contributed by atoms with Crippen LogP contribution in [0.25, 0.3) is 0 Å². The third-order valence-electron chi connectivity index (χ3n) is 4.63. The Kier molecular flexibility index (Phi) is 6.10. The maximum atomic E-state index is 12.9. The van der Waals surface area contributed by atoms with Crippen LogP contribution < -0.4 is 5.32 Å². The number of esters is 2. The molecule has 6 nitrogen and oxygen atoms in total. The van der Waals surface area contributed by atoms with E-state index in [0.29, 0.717) is 5.56 Å². The zero-order valence-corrected chi connectivity index (χ0v) is 16.1. The first-order chi connectivity index (χ1) is 12.8. The summed E-state index contributed by atoms with van der Waals surface area (Å²) in [6, 6.07) is 2.36. The highest BCUT2D eigenvalue weighted by molar-refractivity contribution is 5.83. The van der Waals surface area contributed by atoms with E-state index in [4.69, 9.17) is 9.47 Å². The number of ether oxygens (including phenoxy) is 2. The smallest absolute Gasteiger partial charge is 0.416 e. The van der Waals surface area contributed by atoms with Crippen LogP contribution in [0.3, 0.4) is 0 Å². The fourth-order valence-corrected chi connectivity index (χ4v) is 3.28. The summed E-state index contributed by atoms with van der Waals surface area (Å²) in [5, 5.41) is 13.0. The summed E-state index contributed by atoms with van der Waals surface area (Å²) in [6.45, 7) is 4.31. The Bertz CT molecular complexity index is 727. The van der Waals surface area contributed by atoms with Gasteiger partial charge in [0.15, 0.2) is 0 Å². The molecule has 1 heterocycles. The van der Waals surface area contributed by atoms with Crippen LogP contribution in [0.5, 0.6) is 0 Å². The average Bonchev–Trinajstić information content (AvgIpc) is 3.00. The Hall–Kier alpha value is -2.13. The lowest BCUT2D eigenvalue weighted by molar-refractivity contribution is -0.171. The molecule has 0 unspecified atom stereocenters. The van der Waals surface area contributed by atoms with E-state index in [1.54, 1.807) is 20.8 Å². The molecule has 0 aromatic heterocycles. The van der Waals surface area contributed by atoms with E-state index in [1.807, 2.05) is 0 Å². The number of halogens is 3. The van der Waals surface area contributed by atoms with Crippen LogP contribution >= 0.6 is 0 Å². The van der Waals surface area contributed by atoms with Crippen molar-refractivity contribution in [3.8, 4) is 0 Å². The van der Waals surface area contributed by atoms with Crippen molar-refractivity contribution < 1.29 is 37.3 Å². The molecule has 0 bridgehead atoms. The minimum atomic E-state index is -4.50. The van der Waals surface area contributed by atoms with Gasteiger partial charge in [-0.3, -0.25) is 14.9 Å². The van der Waals surface area contributed by atoms with E-state index < -0.39 is 53.4 Å². The maximum absolute atomic E-state index is 12.9. The van der Waals surface area contributed by atoms with Crippen molar-refractivity contribution in [2.24, 2.45) is 5.41 Å². The number of aliphatic hydroxyl groups excluding tert-OH is 1. The van der Waals surface area contributed by atoms with Gasteiger partial charge in [0.05, 0.1) is 25.3 Å². The van der Waals surface area contributed by atoms with Crippen molar-refractivity contribution in [1.82, 2.24) is 5.32 Å². The lowest BCUT2D eigenvalue weighted by Gasteiger charge is -2.34. The van der Waals surface area contributed by atoms with E-state index in [2.05, 4.69) is 5.32 Å². The van der Waals surface area contributed by atoms with E-state index in [0.717, 1.165) is 12.1 Å². The minimum absolute atomic E-state index is 0.114. The summed E-state index contributed by atoms with van der Waals surface area (Å²) in [6.07, 6.45) is -4.62. The SMILES string of the molecule is COC(=O)[C@H]1C[C@@](CO)(C(=O)OC(C)(C)C)[C@@H](c2ccc(C(F)(F)F)cc2)N1. The molecule has 0 radical (unpaired) electrons. The highest BCUT2D eigenvalue weighted by Gasteiger charge is 2.56. The van der Waals surface area contributed by atoms with Crippen LogP contribution in [0.1, 0.15) is 44.4 Å². The van der Waals surface area contributed by atoms with Gasteiger partial charge in [-0.15, -0.1) is 0 Å². The van der Waals surface area contributed by atoms with Crippen molar-refractivity contribution in [2.75, 3.05) is 13.7 Å². The second-order valence-corrected chi connectivity index (χ2v) is 7.82. The summed E-state index contributed by atoms with van der Waals surface area (Å²) < 4.78 is 48.7. The molecule has 156 valence electrons. The van der Waals surface area contributed by atoms with Gasteiger partial charge in [-0.2, -0.15) is 13.2 Å². The van der Waals surface area contributed by atoms with Crippen molar-refractivity contribution in [2.45, 2.75) is 51.1 Å². The number of alkyl halides is 3. The van der Waals surface area contributed by atoms with Crippen LogP contribution in [-0.2, 0) is 25.2 Å². The number of rotatable bonds is 4. The van der Waals surface area contributed by atoms with Crippen LogP contribution in [-0.4, -0.2) is 42.4 Å². The molecule has 1 aliphatic rings. The van der Waals surface area contributed by atoms with Crippen molar-refractivity contribution in [3.05, 3.63) is 35.4 Å². The molecule has 3 atom stereocenters. The number of carbonyl (C=O) groups is 2. The Labute approximate surface area is 161 Å². The van der Waals surface area contributed by atoms with Gasteiger partial charge in [-0.05, 0) is 44.9 Å². The van der Waals surface area contributed by atoms with Gasteiger partial charge in [0.25, 0.3) is 0 Å². The van der Waals surface area contributed by atoms with Gasteiger partial charge < -0.3 is 14.6 Å². The first kappa shape index (κ1) is 22.2. The second-order valence-electron chi connectivity index (χ2n) is 7.82. The fraction of sp³-hybridized carbons (Fsp3) is 0.579. The number of hydrogen-bond donors (Lipinski definition) is 2. The summed E-state index contributed by atoms with van der Waals surface area (Å²) in [7, 11) is 1.18.